The van der Waals surface area contributed by atoms with Gasteiger partial charge in [-0.3, -0.25) is 0 Å². The normalized spacial score (nSPS) is 9.90. The number of esters is 2. The highest BCUT2D eigenvalue weighted by molar-refractivity contribution is 5.81. The first-order valence-electron chi connectivity index (χ1n) is 13.2. The van der Waals surface area contributed by atoms with Gasteiger partial charge in [-0.2, -0.15) is 0 Å². The Balaban J connectivity index is -0.000000648. The predicted molar refractivity (Wildman–Crippen MR) is 151 cm³/mol. The SMILES string of the molecule is C.C=CC(=O)OCCOCCOCCCCCC(C)=O.C=CC(=O)OCCOCCOCCCCCC(C)=O. The number of Topliss-reactive ketones (excluding diaryl/α,β-unsaturated/α-hetero) is 2. The Labute approximate surface area is 235 Å². The van der Waals surface area contributed by atoms with Gasteiger partial charge >= 0.3 is 11.9 Å². The number of ketones is 2. The zero-order valence-electron chi connectivity index (χ0n) is 23.4. The van der Waals surface area contributed by atoms with Gasteiger partial charge in [-0.15, -0.1) is 0 Å². The molecule has 0 aromatic heterocycles. The summed E-state index contributed by atoms with van der Waals surface area (Å²) >= 11 is 0. The lowest BCUT2D eigenvalue weighted by molar-refractivity contribution is -0.140. The van der Waals surface area contributed by atoms with Gasteiger partial charge in [-0.05, 0) is 39.5 Å². The third-order valence-electron chi connectivity index (χ3n) is 4.66. The maximum Gasteiger partial charge on any atom is 0.330 e. The van der Waals surface area contributed by atoms with Gasteiger partial charge in [0.25, 0.3) is 0 Å². The fourth-order valence-electron chi connectivity index (χ4n) is 2.67. The average molecular weight is 561 g/mol. The summed E-state index contributed by atoms with van der Waals surface area (Å²) in [6.45, 7) is 14.4. The topological polar surface area (TPSA) is 124 Å². The first kappa shape index (κ1) is 41.1. The summed E-state index contributed by atoms with van der Waals surface area (Å²) in [5.74, 6) is -0.395. The van der Waals surface area contributed by atoms with Crippen molar-refractivity contribution >= 4 is 23.5 Å². The first-order valence-corrected chi connectivity index (χ1v) is 13.2. The van der Waals surface area contributed by atoms with Crippen LogP contribution < -0.4 is 0 Å². The van der Waals surface area contributed by atoms with Crippen LogP contribution in [0.15, 0.2) is 25.3 Å². The summed E-state index contributed by atoms with van der Waals surface area (Å²) in [5, 5.41) is 0. The van der Waals surface area contributed by atoms with Gasteiger partial charge in [-0.25, -0.2) is 9.59 Å². The molecule has 228 valence electrons. The van der Waals surface area contributed by atoms with Crippen LogP contribution in [-0.2, 0) is 47.6 Å². The van der Waals surface area contributed by atoms with E-state index in [0.717, 1.165) is 50.7 Å². The fourth-order valence-corrected chi connectivity index (χ4v) is 2.67. The number of rotatable bonds is 26. The lowest BCUT2D eigenvalue weighted by atomic mass is 10.1. The number of carbonyl (C=O) groups is 4. The quantitative estimate of drug-likeness (QED) is 0.0852. The molecule has 0 aliphatic heterocycles. The molecule has 10 heteroatoms. The molecule has 0 N–H and O–H groups in total. The van der Waals surface area contributed by atoms with Gasteiger partial charge in [0.1, 0.15) is 24.8 Å². The Hall–Kier alpha value is -2.40. The Morgan fingerprint density at radius 3 is 1.10 bits per heavy atom. The van der Waals surface area contributed by atoms with Gasteiger partial charge < -0.3 is 38.0 Å². The number of ether oxygens (including phenoxy) is 6. The van der Waals surface area contributed by atoms with E-state index < -0.39 is 11.9 Å². The van der Waals surface area contributed by atoms with Gasteiger partial charge in [0.05, 0.1) is 39.6 Å². The van der Waals surface area contributed by atoms with E-state index in [1.54, 1.807) is 13.8 Å². The maximum absolute atomic E-state index is 10.7. The van der Waals surface area contributed by atoms with Crippen LogP contribution in [0, 0.1) is 0 Å². The van der Waals surface area contributed by atoms with Crippen LogP contribution in [0.3, 0.4) is 0 Å². The minimum atomic E-state index is -0.439. The molecule has 0 bridgehead atoms. The zero-order chi connectivity index (χ0) is 28.7. The Bertz CT molecular complexity index is 580. The van der Waals surface area contributed by atoms with E-state index in [-0.39, 0.29) is 32.2 Å². The molecule has 0 spiro atoms. The van der Waals surface area contributed by atoms with Crippen LogP contribution in [-0.4, -0.2) is 89.6 Å². The number of hydrogen-bond donors (Lipinski definition) is 0. The van der Waals surface area contributed by atoms with Crippen LogP contribution in [0.25, 0.3) is 0 Å². The molecule has 0 radical (unpaired) electrons. The van der Waals surface area contributed by atoms with Gasteiger partial charge in [0, 0.05) is 38.2 Å². The summed E-state index contributed by atoms with van der Waals surface area (Å²) in [4.78, 5) is 42.7. The molecule has 39 heavy (non-hydrogen) atoms. The van der Waals surface area contributed by atoms with Crippen molar-refractivity contribution in [2.45, 2.75) is 72.6 Å². The highest BCUT2D eigenvalue weighted by Gasteiger charge is 1.98. The van der Waals surface area contributed by atoms with Crippen molar-refractivity contribution in [1.29, 1.82) is 0 Å². The maximum atomic E-state index is 10.7. The van der Waals surface area contributed by atoms with Crippen LogP contribution >= 0.6 is 0 Å². The smallest absolute Gasteiger partial charge is 0.330 e. The summed E-state index contributed by atoms with van der Waals surface area (Å²) in [6, 6.07) is 0. The first-order chi connectivity index (χ1) is 18.3. The van der Waals surface area contributed by atoms with E-state index >= 15 is 0 Å². The van der Waals surface area contributed by atoms with Crippen molar-refractivity contribution in [3.63, 3.8) is 0 Å². The zero-order valence-corrected chi connectivity index (χ0v) is 23.4. The van der Waals surface area contributed by atoms with Gasteiger partial charge in [0.2, 0.25) is 0 Å². The van der Waals surface area contributed by atoms with E-state index in [0.29, 0.717) is 65.7 Å². The second kappa shape index (κ2) is 33.6. The molecule has 0 aliphatic rings. The number of carbonyl (C=O) groups excluding carboxylic acids is 4. The lowest BCUT2D eigenvalue weighted by Gasteiger charge is -2.06. The average Bonchev–Trinajstić information content (AvgIpc) is 2.89. The fraction of sp³-hybridized carbons (Fsp3) is 0.724. The van der Waals surface area contributed by atoms with Crippen LogP contribution in [0.4, 0.5) is 0 Å². The molecule has 0 saturated carbocycles. The Morgan fingerprint density at radius 1 is 0.487 bits per heavy atom. The van der Waals surface area contributed by atoms with Crippen molar-refractivity contribution in [3.05, 3.63) is 25.3 Å². The summed E-state index contributed by atoms with van der Waals surface area (Å²) in [7, 11) is 0. The molecule has 0 unspecified atom stereocenters. The van der Waals surface area contributed by atoms with E-state index in [1.165, 1.54) is 0 Å². The summed E-state index contributed by atoms with van der Waals surface area (Å²) < 4.78 is 30.6. The molecule has 0 atom stereocenters. The monoisotopic (exact) mass is 560 g/mol. The molecule has 0 rings (SSSR count). The standard InChI is InChI=1S/2C14H24O5.CH4/c2*1-3-14(16)19-12-11-18-10-9-17-8-6-4-5-7-13(2)15;/h2*3H,1,4-12H2,2H3;1H4. The number of hydrogen-bond acceptors (Lipinski definition) is 10. The summed E-state index contributed by atoms with van der Waals surface area (Å²) in [6.07, 6.45) is 9.38. The van der Waals surface area contributed by atoms with E-state index in [9.17, 15) is 19.2 Å². The second-order valence-electron chi connectivity index (χ2n) is 8.22. The minimum absolute atomic E-state index is 0. The molecule has 0 heterocycles. The highest BCUT2D eigenvalue weighted by atomic mass is 16.6. The molecule has 0 saturated heterocycles. The van der Waals surface area contributed by atoms with E-state index in [1.807, 2.05) is 0 Å². The van der Waals surface area contributed by atoms with E-state index in [2.05, 4.69) is 13.2 Å². The molecule has 0 aromatic carbocycles. The Kier molecular flexibility index (Phi) is 35.4. The summed E-state index contributed by atoms with van der Waals surface area (Å²) in [5.41, 5.74) is 0. The third-order valence-corrected chi connectivity index (χ3v) is 4.66. The molecule has 0 amide bonds. The van der Waals surface area contributed by atoms with Crippen molar-refractivity contribution < 1.29 is 47.6 Å². The molecule has 0 fully saturated rings. The minimum Gasteiger partial charge on any atom is -0.460 e. The number of unbranched alkanes of at least 4 members (excludes halogenated alkanes) is 4. The van der Waals surface area contributed by atoms with Crippen LogP contribution in [0.5, 0.6) is 0 Å². The predicted octanol–water partition coefficient (Wildman–Crippen LogP) is 4.43. The largest absolute Gasteiger partial charge is 0.460 e. The molecule has 0 aliphatic carbocycles. The van der Waals surface area contributed by atoms with E-state index in [4.69, 9.17) is 28.4 Å². The van der Waals surface area contributed by atoms with Crippen molar-refractivity contribution in [1.82, 2.24) is 0 Å². The molecule has 10 nitrogen and oxygen atoms in total. The van der Waals surface area contributed by atoms with Crippen molar-refractivity contribution in [3.8, 4) is 0 Å². The highest BCUT2D eigenvalue weighted by Crippen LogP contribution is 2.01. The molecular weight excluding hydrogens is 508 g/mol. The molecular formula is C29H52O10. The Morgan fingerprint density at radius 2 is 0.795 bits per heavy atom. The van der Waals surface area contributed by atoms with Crippen LogP contribution in [0.1, 0.15) is 72.6 Å². The van der Waals surface area contributed by atoms with Gasteiger partial charge in [-0.1, -0.05) is 33.4 Å². The van der Waals surface area contributed by atoms with Crippen molar-refractivity contribution in [2.24, 2.45) is 0 Å². The lowest BCUT2D eigenvalue weighted by Crippen LogP contribution is -2.11. The van der Waals surface area contributed by atoms with Crippen LogP contribution in [0.2, 0.25) is 0 Å². The third kappa shape index (κ3) is 40.2. The molecule has 0 aromatic rings. The van der Waals surface area contributed by atoms with Crippen molar-refractivity contribution in [2.75, 3.05) is 66.1 Å². The second-order valence-corrected chi connectivity index (χ2v) is 8.22. The van der Waals surface area contributed by atoms with Gasteiger partial charge in [0.15, 0.2) is 0 Å².